The molecule has 0 radical (unpaired) electrons. The number of pyridine rings is 2. The van der Waals surface area contributed by atoms with Crippen LogP contribution in [-0.4, -0.2) is 34.1 Å². The molecule has 2 aromatic heterocycles. The smallest absolute Gasteiger partial charge is 0.252 e. The molecule has 0 spiro atoms. The number of aliphatic hydroxyl groups is 1. The molecule has 1 unspecified atom stereocenters. The number of amides is 1. The molecule has 1 amide bonds. The molecule has 5 nitrogen and oxygen atoms in total. The summed E-state index contributed by atoms with van der Waals surface area (Å²) in [6.07, 6.45) is 5.10. The van der Waals surface area contributed by atoms with E-state index in [9.17, 15) is 9.90 Å². The second-order valence-electron chi connectivity index (χ2n) is 7.53. The van der Waals surface area contributed by atoms with Crippen LogP contribution in [0.4, 0.5) is 0 Å². The van der Waals surface area contributed by atoms with Crippen LogP contribution in [-0.2, 0) is 0 Å². The van der Waals surface area contributed by atoms with Gasteiger partial charge in [-0.1, -0.05) is 32.0 Å². The Hall–Kier alpha value is -2.79. The van der Waals surface area contributed by atoms with Gasteiger partial charge in [0.2, 0.25) is 0 Å². The second kappa shape index (κ2) is 9.42. The number of fused-ring (bicyclic) bond motifs is 1. The number of carbonyl (C=O) groups is 1. The molecule has 0 aliphatic carbocycles. The molecule has 2 N–H and O–H groups in total. The Morgan fingerprint density at radius 3 is 2.61 bits per heavy atom. The zero-order valence-corrected chi connectivity index (χ0v) is 16.4. The molecule has 146 valence electrons. The van der Waals surface area contributed by atoms with Gasteiger partial charge in [-0.25, -0.2) is 4.98 Å². The van der Waals surface area contributed by atoms with E-state index in [0.717, 1.165) is 28.6 Å². The van der Waals surface area contributed by atoms with Crippen molar-refractivity contribution in [2.45, 2.75) is 26.7 Å². The molecule has 3 aromatic rings. The van der Waals surface area contributed by atoms with Crippen LogP contribution in [0.2, 0.25) is 0 Å². The number of carbonyl (C=O) groups excluding carboxylic acids is 1. The number of hydrogen-bond donors (Lipinski definition) is 2. The predicted molar refractivity (Wildman–Crippen MR) is 112 cm³/mol. The molecule has 28 heavy (non-hydrogen) atoms. The van der Waals surface area contributed by atoms with E-state index < -0.39 is 0 Å². The van der Waals surface area contributed by atoms with Crippen molar-refractivity contribution < 1.29 is 9.90 Å². The third kappa shape index (κ3) is 4.93. The number of rotatable bonds is 8. The Labute approximate surface area is 165 Å². The van der Waals surface area contributed by atoms with Gasteiger partial charge in [-0.15, -0.1) is 0 Å². The van der Waals surface area contributed by atoms with E-state index in [0.29, 0.717) is 24.4 Å². The average molecular weight is 377 g/mol. The van der Waals surface area contributed by atoms with Crippen LogP contribution in [0.3, 0.4) is 0 Å². The molecule has 0 saturated heterocycles. The summed E-state index contributed by atoms with van der Waals surface area (Å²) >= 11 is 0. The lowest BCUT2D eigenvalue weighted by molar-refractivity contribution is 0.0943. The van der Waals surface area contributed by atoms with Crippen molar-refractivity contribution in [3.05, 3.63) is 60.4 Å². The average Bonchev–Trinajstić information content (AvgIpc) is 2.71. The van der Waals surface area contributed by atoms with Crippen LogP contribution >= 0.6 is 0 Å². The summed E-state index contributed by atoms with van der Waals surface area (Å²) in [5, 5.41) is 13.2. The first-order chi connectivity index (χ1) is 13.6. The number of hydrogen-bond acceptors (Lipinski definition) is 4. The van der Waals surface area contributed by atoms with Gasteiger partial charge in [0, 0.05) is 36.5 Å². The normalized spacial score (nSPS) is 12.3. The fraction of sp³-hybridized carbons (Fsp3) is 0.348. The Bertz CT molecular complexity index is 926. The first kappa shape index (κ1) is 20.0. The summed E-state index contributed by atoms with van der Waals surface area (Å²) in [5.74, 6) is 0.677. The van der Waals surface area contributed by atoms with Crippen LogP contribution in [0, 0.1) is 11.8 Å². The summed E-state index contributed by atoms with van der Waals surface area (Å²) in [5.41, 5.74) is 3.08. The first-order valence-corrected chi connectivity index (χ1v) is 9.77. The van der Waals surface area contributed by atoms with Crippen LogP contribution in [0.5, 0.6) is 0 Å². The van der Waals surface area contributed by atoms with Crippen molar-refractivity contribution in [2.75, 3.05) is 13.2 Å². The highest BCUT2D eigenvalue weighted by molar-refractivity contribution is 6.07. The molecule has 0 aliphatic rings. The highest BCUT2D eigenvalue weighted by atomic mass is 16.3. The molecular formula is C23H27N3O2. The Morgan fingerprint density at radius 1 is 1.14 bits per heavy atom. The third-order valence-electron chi connectivity index (χ3n) is 4.83. The zero-order valence-electron chi connectivity index (χ0n) is 16.4. The fourth-order valence-electron chi connectivity index (χ4n) is 3.52. The minimum Gasteiger partial charge on any atom is -0.396 e. The van der Waals surface area contributed by atoms with E-state index in [1.807, 2.05) is 42.5 Å². The molecule has 0 fully saturated rings. The lowest BCUT2D eigenvalue weighted by Crippen LogP contribution is -2.30. The summed E-state index contributed by atoms with van der Waals surface area (Å²) in [4.78, 5) is 21.8. The van der Waals surface area contributed by atoms with E-state index in [2.05, 4.69) is 24.1 Å². The van der Waals surface area contributed by atoms with Crippen molar-refractivity contribution >= 4 is 16.8 Å². The van der Waals surface area contributed by atoms with Gasteiger partial charge in [0.25, 0.3) is 5.91 Å². The number of para-hydroxylation sites is 1. The van der Waals surface area contributed by atoms with Gasteiger partial charge in [0.1, 0.15) is 0 Å². The van der Waals surface area contributed by atoms with Gasteiger partial charge in [-0.2, -0.15) is 0 Å². The van der Waals surface area contributed by atoms with Gasteiger partial charge < -0.3 is 10.4 Å². The Morgan fingerprint density at radius 2 is 1.89 bits per heavy atom. The molecule has 0 saturated carbocycles. The lowest BCUT2D eigenvalue weighted by atomic mass is 9.94. The number of nitrogens with one attached hydrogen (secondary N) is 1. The molecule has 1 aromatic carbocycles. The van der Waals surface area contributed by atoms with Crippen LogP contribution < -0.4 is 5.32 Å². The standard InChI is InChI=1S/C23H27N3O2/c1-16(2)13-17(9-12-27)15-25-23(28)20-14-22(18-7-10-24-11-8-18)26-21-6-4-3-5-19(20)21/h3-8,10-11,14,16-17,27H,9,12-13,15H2,1-2H3,(H,25,28). The van der Waals surface area contributed by atoms with Gasteiger partial charge in [-0.3, -0.25) is 9.78 Å². The van der Waals surface area contributed by atoms with E-state index in [4.69, 9.17) is 4.98 Å². The second-order valence-corrected chi connectivity index (χ2v) is 7.53. The van der Waals surface area contributed by atoms with Crippen molar-refractivity contribution in [1.29, 1.82) is 0 Å². The maximum absolute atomic E-state index is 13.0. The Balaban J connectivity index is 1.89. The van der Waals surface area contributed by atoms with Crippen molar-refractivity contribution in [3.63, 3.8) is 0 Å². The quantitative estimate of drug-likeness (QED) is 0.620. The summed E-state index contributed by atoms with van der Waals surface area (Å²) in [6.45, 7) is 5.00. The van der Waals surface area contributed by atoms with E-state index >= 15 is 0 Å². The van der Waals surface area contributed by atoms with E-state index in [1.54, 1.807) is 12.4 Å². The van der Waals surface area contributed by atoms with Crippen LogP contribution in [0.25, 0.3) is 22.2 Å². The highest BCUT2D eigenvalue weighted by Gasteiger charge is 2.16. The number of aromatic nitrogens is 2. The molecule has 2 heterocycles. The van der Waals surface area contributed by atoms with Crippen molar-refractivity contribution in [3.8, 4) is 11.3 Å². The van der Waals surface area contributed by atoms with Crippen LogP contribution in [0.15, 0.2) is 54.9 Å². The summed E-state index contributed by atoms with van der Waals surface area (Å²) in [7, 11) is 0. The SMILES string of the molecule is CC(C)CC(CCO)CNC(=O)c1cc(-c2ccncc2)nc2ccccc12. The van der Waals surface area contributed by atoms with Gasteiger partial charge >= 0.3 is 0 Å². The molecule has 0 aliphatic heterocycles. The molecule has 1 atom stereocenters. The fourth-order valence-corrected chi connectivity index (χ4v) is 3.52. The zero-order chi connectivity index (χ0) is 19.9. The minimum absolute atomic E-state index is 0.111. The Kier molecular flexibility index (Phi) is 6.71. The largest absolute Gasteiger partial charge is 0.396 e. The minimum atomic E-state index is -0.111. The predicted octanol–water partition coefficient (Wildman–Crippen LogP) is 4.07. The molecule has 3 rings (SSSR count). The van der Waals surface area contributed by atoms with Crippen LogP contribution in [0.1, 0.15) is 37.0 Å². The number of aliphatic hydroxyl groups excluding tert-OH is 1. The maximum Gasteiger partial charge on any atom is 0.252 e. The number of nitrogens with zero attached hydrogens (tertiary/aromatic N) is 2. The monoisotopic (exact) mass is 377 g/mol. The lowest BCUT2D eigenvalue weighted by Gasteiger charge is -2.19. The summed E-state index contributed by atoms with van der Waals surface area (Å²) < 4.78 is 0. The van der Waals surface area contributed by atoms with E-state index in [-0.39, 0.29) is 18.4 Å². The third-order valence-corrected chi connectivity index (χ3v) is 4.83. The number of benzene rings is 1. The molecular weight excluding hydrogens is 350 g/mol. The maximum atomic E-state index is 13.0. The van der Waals surface area contributed by atoms with Crippen molar-refractivity contribution in [1.82, 2.24) is 15.3 Å². The van der Waals surface area contributed by atoms with Gasteiger partial charge in [0.05, 0.1) is 16.8 Å². The molecule has 5 heteroatoms. The first-order valence-electron chi connectivity index (χ1n) is 9.77. The van der Waals surface area contributed by atoms with Gasteiger partial charge in [-0.05, 0) is 48.9 Å². The molecule has 0 bridgehead atoms. The summed E-state index contributed by atoms with van der Waals surface area (Å²) in [6, 6.07) is 13.3. The van der Waals surface area contributed by atoms with Gasteiger partial charge in [0.15, 0.2) is 0 Å². The van der Waals surface area contributed by atoms with Crippen molar-refractivity contribution in [2.24, 2.45) is 11.8 Å². The topological polar surface area (TPSA) is 75.1 Å². The van der Waals surface area contributed by atoms with E-state index in [1.165, 1.54) is 0 Å². The highest BCUT2D eigenvalue weighted by Crippen LogP contribution is 2.24.